The molecule has 6 rings (SSSR count). The first-order chi connectivity index (χ1) is 20.8. The SMILES string of the molecule is CC(=O)N1CCc2cc(N/C(=C3\C(=O)Nc4ccc([N+](=O)[O-])cc43)c3ccc(CCCN4CCCC4=O)cc3)ccc2C1. The van der Waals surface area contributed by atoms with E-state index in [1.807, 2.05) is 52.3 Å². The maximum atomic E-state index is 13.4. The molecular formula is C33H33N5O5. The highest BCUT2D eigenvalue weighted by atomic mass is 16.6. The minimum Gasteiger partial charge on any atom is -0.354 e. The van der Waals surface area contributed by atoms with E-state index >= 15 is 0 Å². The van der Waals surface area contributed by atoms with Gasteiger partial charge in [-0.05, 0) is 66.1 Å². The van der Waals surface area contributed by atoms with Crippen LogP contribution in [-0.2, 0) is 33.8 Å². The van der Waals surface area contributed by atoms with Crippen LogP contribution in [-0.4, -0.2) is 52.1 Å². The van der Waals surface area contributed by atoms with Crippen molar-refractivity contribution in [1.29, 1.82) is 0 Å². The smallest absolute Gasteiger partial charge is 0.270 e. The summed E-state index contributed by atoms with van der Waals surface area (Å²) in [4.78, 5) is 52.0. The molecule has 0 aromatic heterocycles. The predicted octanol–water partition coefficient (Wildman–Crippen LogP) is 4.99. The number of benzene rings is 3. The molecule has 0 bridgehead atoms. The average molecular weight is 580 g/mol. The summed E-state index contributed by atoms with van der Waals surface area (Å²) in [6, 6.07) is 18.3. The largest absolute Gasteiger partial charge is 0.354 e. The number of amides is 3. The maximum Gasteiger partial charge on any atom is 0.270 e. The van der Waals surface area contributed by atoms with Gasteiger partial charge in [-0.3, -0.25) is 24.5 Å². The Hall–Kier alpha value is -4.99. The van der Waals surface area contributed by atoms with Gasteiger partial charge in [0.15, 0.2) is 0 Å². The van der Waals surface area contributed by atoms with Crippen LogP contribution < -0.4 is 10.6 Å². The van der Waals surface area contributed by atoms with Crippen LogP contribution in [0.5, 0.6) is 0 Å². The molecule has 220 valence electrons. The standard InChI is InChI=1S/C33H33N5O5/c1-21(39)37-17-14-24-18-26(11-10-25(24)20-37)34-32(31-28-19-27(38(42)43)12-13-29(28)35-33(31)41)23-8-6-22(7-9-23)4-2-15-36-16-3-5-30(36)40/h6-13,18-19,34H,2-5,14-17,20H2,1H3,(H,35,41)/b32-31-. The van der Waals surface area contributed by atoms with Crippen molar-refractivity contribution in [1.82, 2.24) is 9.80 Å². The van der Waals surface area contributed by atoms with Crippen LogP contribution in [0.3, 0.4) is 0 Å². The number of rotatable bonds is 8. The number of hydrogen-bond acceptors (Lipinski definition) is 6. The quantitative estimate of drug-likeness (QED) is 0.220. The van der Waals surface area contributed by atoms with Crippen molar-refractivity contribution in [2.24, 2.45) is 0 Å². The van der Waals surface area contributed by atoms with E-state index in [2.05, 4.69) is 10.6 Å². The fraction of sp³-hybridized carbons (Fsp3) is 0.303. The minimum atomic E-state index is -0.466. The van der Waals surface area contributed by atoms with Gasteiger partial charge in [-0.15, -0.1) is 0 Å². The van der Waals surface area contributed by atoms with Gasteiger partial charge in [0, 0.05) is 68.6 Å². The molecule has 43 heavy (non-hydrogen) atoms. The zero-order chi connectivity index (χ0) is 30.1. The monoisotopic (exact) mass is 579 g/mol. The van der Waals surface area contributed by atoms with Crippen LogP contribution in [0.2, 0.25) is 0 Å². The van der Waals surface area contributed by atoms with Crippen molar-refractivity contribution in [3.63, 3.8) is 0 Å². The third-order valence-electron chi connectivity index (χ3n) is 8.45. The van der Waals surface area contributed by atoms with Crippen molar-refractivity contribution >= 4 is 46.1 Å². The number of likely N-dealkylation sites (tertiary alicyclic amines) is 1. The first-order valence-corrected chi connectivity index (χ1v) is 14.6. The van der Waals surface area contributed by atoms with Crippen LogP contribution in [0.4, 0.5) is 17.1 Å². The molecule has 3 aliphatic rings. The van der Waals surface area contributed by atoms with Crippen LogP contribution in [0.15, 0.2) is 60.7 Å². The normalized spacial score (nSPS) is 17.0. The molecule has 3 aromatic carbocycles. The Morgan fingerprint density at radius 2 is 1.81 bits per heavy atom. The molecule has 0 unspecified atom stereocenters. The maximum absolute atomic E-state index is 13.4. The molecule has 1 saturated heterocycles. The van der Waals surface area contributed by atoms with Gasteiger partial charge in [0.05, 0.1) is 16.2 Å². The number of nitrogens with one attached hydrogen (secondary N) is 2. The topological polar surface area (TPSA) is 125 Å². The van der Waals surface area contributed by atoms with E-state index < -0.39 is 4.92 Å². The molecule has 10 nitrogen and oxygen atoms in total. The summed E-state index contributed by atoms with van der Waals surface area (Å²) in [5, 5.41) is 17.9. The number of nitro groups is 1. The van der Waals surface area contributed by atoms with E-state index in [4.69, 9.17) is 0 Å². The number of carbonyl (C=O) groups excluding carboxylic acids is 3. The highest BCUT2D eigenvalue weighted by Crippen LogP contribution is 2.39. The summed E-state index contributed by atoms with van der Waals surface area (Å²) in [7, 11) is 0. The molecule has 3 aromatic rings. The first kappa shape index (κ1) is 28.1. The Labute approximate surface area is 249 Å². The summed E-state index contributed by atoms with van der Waals surface area (Å²) in [6.07, 6.45) is 3.98. The molecule has 2 N–H and O–H groups in total. The molecular weight excluding hydrogens is 546 g/mol. The van der Waals surface area contributed by atoms with Crippen molar-refractivity contribution in [3.05, 3.63) is 98.6 Å². The molecule has 0 aliphatic carbocycles. The molecule has 10 heteroatoms. The lowest BCUT2D eigenvalue weighted by Crippen LogP contribution is -2.34. The third-order valence-corrected chi connectivity index (χ3v) is 8.45. The fourth-order valence-electron chi connectivity index (χ4n) is 6.09. The van der Waals surface area contributed by atoms with Crippen molar-refractivity contribution in [2.75, 3.05) is 30.3 Å². The fourth-order valence-corrected chi connectivity index (χ4v) is 6.09. The van der Waals surface area contributed by atoms with E-state index in [0.717, 1.165) is 66.7 Å². The summed E-state index contributed by atoms with van der Waals surface area (Å²) in [5.41, 5.74) is 6.66. The van der Waals surface area contributed by atoms with Crippen LogP contribution in [0.1, 0.15) is 54.0 Å². The van der Waals surface area contributed by atoms with Crippen LogP contribution in [0.25, 0.3) is 11.3 Å². The lowest BCUT2D eigenvalue weighted by Gasteiger charge is -2.28. The van der Waals surface area contributed by atoms with Gasteiger partial charge in [0.25, 0.3) is 11.6 Å². The minimum absolute atomic E-state index is 0.0489. The molecule has 3 heterocycles. The molecule has 1 fully saturated rings. The van der Waals surface area contributed by atoms with E-state index in [9.17, 15) is 24.5 Å². The van der Waals surface area contributed by atoms with Gasteiger partial charge in [-0.1, -0.05) is 30.3 Å². The van der Waals surface area contributed by atoms with Gasteiger partial charge < -0.3 is 20.4 Å². The average Bonchev–Trinajstić information content (AvgIpc) is 3.56. The zero-order valence-electron chi connectivity index (χ0n) is 24.0. The Balaban J connectivity index is 1.33. The number of carbonyl (C=O) groups is 3. The molecule has 0 spiro atoms. The molecule has 3 amide bonds. The van der Waals surface area contributed by atoms with Gasteiger partial charge in [0.2, 0.25) is 11.8 Å². The number of non-ortho nitro benzene ring substituents is 1. The number of nitro benzene ring substituents is 1. The molecule has 0 saturated carbocycles. The zero-order valence-corrected chi connectivity index (χ0v) is 24.0. The van der Waals surface area contributed by atoms with Crippen LogP contribution in [0, 0.1) is 10.1 Å². The second-order valence-electron chi connectivity index (χ2n) is 11.3. The van der Waals surface area contributed by atoms with Gasteiger partial charge >= 0.3 is 0 Å². The molecule has 3 aliphatic heterocycles. The Kier molecular flexibility index (Phi) is 7.67. The summed E-state index contributed by atoms with van der Waals surface area (Å²) < 4.78 is 0. The lowest BCUT2D eigenvalue weighted by atomic mass is 9.96. The van der Waals surface area contributed by atoms with Gasteiger partial charge in [-0.2, -0.15) is 0 Å². The van der Waals surface area contributed by atoms with Crippen LogP contribution >= 0.6 is 0 Å². The van der Waals surface area contributed by atoms with E-state index in [-0.39, 0.29) is 23.4 Å². The van der Waals surface area contributed by atoms with E-state index in [1.54, 1.807) is 13.0 Å². The number of aryl methyl sites for hydroxylation is 1. The second kappa shape index (κ2) is 11.7. The number of anilines is 2. The van der Waals surface area contributed by atoms with E-state index in [1.165, 1.54) is 12.1 Å². The predicted molar refractivity (Wildman–Crippen MR) is 164 cm³/mol. The highest BCUT2D eigenvalue weighted by molar-refractivity contribution is 6.37. The Morgan fingerprint density at radius 3 is 2.53 bits per heavy atom. The van der Waals surface area contributed by atoms with Crippen molar-refractivity contribution in [2.45, 2.75) is 45.6 Å². The van der Waals surface area contributed by atoms with Crippen molar-refractivity contribution < 1.29 is 19.3 Å². The first-order valence-electron chi connectivity index (χ1n) is 14.6. The number of fused-ring (bicyclic) bond motifs is 2. The summed E-state index contributed by atoms with van der Waals surface area (Å²) >= 11 is 0. The van der Waals surface area contributed by atoms with Gasteiger partial charge in [0.1, 0.15) is 0 Å². The second-order valence-corrected chi connectivity index (χ2v) is 11.3. The lowest BCUT2D eigenvalue weighted by molar-refractivity contribution is -0.384. The number of hydrogen-bond donors (Lipinski definition) is 2. The van der Waals surface area contributed by atoms with E-state index in [0.29, 0.717) is 42.0 Å². The van der Waals surface area contributed by atoms with Gasteiger partial charge in [-0.25, -0.2) is 0 Å². The third kappa shape index (κ3) is 5.86. The summed E-state index contributed by atoms with van der Waals surface area (Å²) in [6.45, 7) is 4.36. The Morgan fingerprint density at radius 1 is 1.00 bits per heavy atom. The molecule has 0 radical (unpaired) electrons. The number of nitrogens with zero attached hydrogens (tertiary/aromatic N) is 3. The highest BCUT2D eigenvalue weighted by Gasteiger charge is 2.30. The molecule has 0 atom stereocenters. The summed E-state index contributed by atoms with van der Waals surface area (Å²) in [5.74, 6) is -0.0633. The van der Waals surface area contributed by atoms with Crippen molar-refractivity contribution in [3.8, 4) is 0 Å². The Bertz CT molecular complexity index is 1660.